The van der Waals surface area contributed by atoms with Crippen molar-refractivity contribution in [3.63, 3.8) is 0 Å². The molecule has 0 bridgehead atoms. The van der Waals surface area contributed by atoms with Crippen LogP contribution in [0.25, 0.3) is 0 Å². The largest absolute Gasteiger partial charge is 0.346 e. The molecule has 0 fully saturated rings. The van der Waals surface area contributed by atoms with Crippen LogP contribution in [0.5, 0.6) is 0 Å². The van der Waals surface area contributed by atoms with Gasteiger partial charge in [-0.05, 0) is 31.7 Å². The molecule has 1 amide bonds. The fourth-order valence-electron chi connectivity index (χ4n) is 2.32. The molecule has 1 aromatic heterocycles. The van der Waals surface area contributed by atoms with Gasteiger partial charge in [-0.3, -0.25) is 9.59 Å². The summed E-state index contributed by atoms with van der Waals surface area (Å²) in [5.41, 5.74) is -0.163. The molecule has 0 aliphatic carbocycles. The standard InChI is InChI=1S/C14H22N2O2/c1-13(2,3)9-14(4,5)16-12(18)10-7-6-8-11(17)15-10/h6-8H,9H2,1-5H3,(H,15,17)(H,16,18). The van der Waals surface area contributed by atoms with Crippen LogP contribution in [0.15, 0.2) is 23.0 Å². The lowest BCUT2D eigenvalue weighted by atomic mass is 9.82. The third-order valence-electron chi connectivity index (χ3n) is 2.44. The Morgan fingerprint density at radius 2 is 1.83 bits per heavy atom. The molecular weight excluding hydrogens is 228 g/mol. The zero-order valence-electron chi connectivity index (χ0n) is 11.8. The van der Waals surface area contributed by atoms with E-state index in [0.717, 1.165) is 6.42 Å². The first-order valence-corrected chi connectivity index (χ1v) is 6.11. The lowest BCUT2D eigenvalue weighted by molar-refractivity contribution is 0.0886. The Morgan fingerprint density at radius 1 is 1.22 bits per heavy atom. The van der Waals surface area contributed by atoms with Crippen LogP contribution in [0.4, 0.5) is 0 Å². The first-order chi connectivity index (χ1) is 8.09. The fraction of sp³-hybridized carbons (Fsp3) is 0.571. The van der Waals surface area contributed by atoms with Gasteiger partial charge < -0.3 is 10.3 Å². The van der Waals surface area contributed by atoms with Crippen molar-refractivity contribution in [1.29, 1.82) is 0 Å². The highest BCUT2D eigenvalue weighted by Gasteiger charge is 2.27. The fourth-order valence-corrected chi connectivity index (χ4v) is 2.32. The molecule has 1 heterocycles. The predicted molar refractivity (Wildman–Crippen MR) is 72.7 cm³/mol. The maximum Gasteiger partial charge on any atom is 0.268 e. The van der Waals surface area contributed by atoms with Crippen molar-refractivity contribution in [2.75, 3.05) is 0 Å². The van der Waals surface area contributed by atoms with Gasteiger partial charge in [0.25, 0.3) is 5.91 Å². The Balaban J connectivity index is 2.79. The minimum Gasteiger partial charge on any atom is -0.346 e. The molecule has 18 heavy (non-hydrogen) atoms. The summed E-state index contributed by atoms with van der Waals surface area (Å²) in [6, 6.07) is 4.56. The zero-order valence-corrected chi connectivity index (χ0v) is 11.8. The summed E-state index contributed by atoms with van der Waals surface area (Å²) in [6.45, 7) is 10.4. The van der Waals surface area contributed by atoms with Crippen LogP contribution >= 0.6 is 0 Å². The van der Waals surface area contributed by atoms with Gasteiger partial charge in [-0.25, -0.2) is 0 Å². The summed E-state index contributed by atoms with van der Waals surface area (Å²) < 4.78 is 0. The van der Waals surface area contributed by atoms with E-state index in [4.69, 9.17) is 0 Å². The van der Waals surface area contributed by atoms with E-state index in [9.17, 15) is 9.59 Å². The highest BCUT2D eigenvalue weighted by atomic mass is 16.2. The molecular formula is C14H22N2O2. The summed E-state index contributed by atoms with van der Waals surface area (Å²) in [5.74, 6) is -0.248. The molecule has 0 aliphatic heterocycles. The number of pyridine rings is 1. The summed E-state index contributed by atoms with van der Waals surface area (Å²) in [6.07, 6.45) is 0.850. The first kappa shape index (κ1) is 14.5. The van der Waals surface area contributed by atoms with Crippen LogP contribution in [0.2, 0.25) is 0 Å². The molecule has 0 spiro atoms. The van der Waals surface area contributed by atoms with Crippen molar-refractivity contribution in [2.24, 2.45) is 5.41 Å². The van der Waals surface area contributed by atoms with Crippen molar-refractivity contribution >= 4 is 5.91 Å². The Bertz CT molecular complexity index is 481. The van der Waals surface area contributed by atoms with Crippen molar-refractivity contribution in [2.45, 2.75) is 46.6 Å². The van der Waals surface area contributed by atoms with Gasteiger partial charge in [-0.2, -0.15) is 0 Å². The highest BCUT2D eigenvalue weighted by molar-refractivity contribution is 5.92. The molecule has 100 valence electrons. The van der Waals surface area contributed by atoms with Crippen LogP contribution in [-0.4, -0.2) is 16.4 Å². The Hall–Kier alpha value is -1.58. The molecule has 2 N–H and O–H groups in total. The van der Waals surface area contributed by atoms with Crippen LogP contribution in [0, 0.1) is 5.41 Å². The maximum absolute atomic E-state index is 12.0. The van der Waals surface area contributed by atoms with E-state index in [1.54, 1.807) is 12.1 Å². The second-order valence-electron chi connectivity index (χ2n) is 6.50. The number of amides is 1. The van der Waals surface area contributed by atoms with Gasteiger partial charge in [0, 0.05) is 11.6 Å². The molecule has 0 saturated heterocycles. The maximum atomic E-state index is 12.0. The molecule has 1 rings (SSSR count). The Morgan fingerprint density at radius 3 is 2.33 bits per heavy atom. The second-order valence-corrected chi connectivity index (χ2v) is 6.50. The number of hydrogen-bond acceptors (Lipinski definition) is 2. The van der Waals surface area contributed by atoms with Crippen LogP contribution < -0.4 is 10.9 Å². The monoisotopic (exact) mass is 250 g/mol. The van der Waals surface area contributed by atoms with Crippen LogP contribution in [0.3, 0.4) is 0 Å². The second kappa shape index (κ2) is 4.96. The molecule has 0 atom stereocenters. The molecule has 0 unspecified atom stereocenters. The lowest BCUT2D eigenvalue weighted by Gasteiger charge is -2.33. The van der Waals surface area contributed by atoms with Crippen LogP contribution in [0.1, 0.15) is 51.5 Å². The number of carbonyl (C=O) groups excluding carboxylic acids is 1. The number of nitrogens with one attached hydrogen (secondary N) is 2. The van der Waals surface area contributed by atoms with Crippen molar-refractivity contribution in [3.8, 4) is 0 Å². The van der Waals surface area contributed by atoms with E-state index in [1.807, 2.05) is 13.8 Å². The number of rotatable bonds is 3. The summed E-state index contributed by atoms with van der Waals surface area (Å²) in [7, 11) is 0. The third kappa shape index (κ3) is 4.73. The number of carbonyl (C=O) groups is 1. The van der Waals surface area contributed by atoms with Gasteiger partial charge in [0.15, 0.2) is 0 Å². The van der Waals surface area contributed by atoms with Crippen molar-refractivity contribution in [1.82, 2.24) is 10.3 Å². The topological polar surface area (TPSA) is 62.0 Å². The van der Waals surface area contributed by atoms with Crippen molar-refractivity contribution in [3.05, 3.63) is 34.2 Å². The van der Waals surface area contributed by atoms with E-state index in [0.29, 0.717) is 5.69 Å². The first-order valence-electron chi connectivity index (χ1n) is 6.11. The highest BCUT2D eigenvalue weighted by Crippen LogP contribution is 2.26. The normalized spacial score (nSPS) is 12.3. The minimum absolute atomic E-state index is 0.126. The zero-order chi connectivity index (χ0) is 14.0. The molecule has 4 heteroatoms. The third-order valence-corrected chi connectivity index (χ3v) is 2.44. The summed E-state index contributed by atoms with van der Waals surface area (Å²) in [4.78, 5) is 25.7. The van der Waals surface area contributed by atoms with E-state index in [2.05, 4.69) is 31.1 Å². The lowest BCUT2D eigenvalue weighted by Crippen LogP contribution is -2.46. The van der Waals surface area contributed by atoms with Crippen molar-refractivity contribution < 1.29 is 4.79 Å². The molecule has 0 aromatic carbocycles. The average molecular weight is 250 g/mol. The quantitative estimate of drug-likeness (QED) is 0.864. The average Bonchev–Trinajstić information content (AvgIpc) is 2.12. The van der Waals surface area contributed by atoms with Gasteiger partial charge in [0.2, 0.25) is 5.56 Å². The van der Waals surface area contributed by atoms with E-state index in [-0.39, 0.29) is 22.4 Å². The summed E-state index contributed by atoms with van der Waals surface area (Å²) in [5, 5.41) is 2.95. The smallest absolute Gasteiger partial charge is 0.268 e. The molecule has 0 saturated carbocycles. The van der Waals surface area contributed by atoms with Gasteiger partial charge >= 0.3 is 0 Å². The number of hydrogen-bond donors (Lipinski definition) is 2. The predicted octanol–water partition coefficient (Wildman–Crippen LogP) is 2.32. The Labute approximate surface area is 108 Å². The SMILES string of the molecule is CC(C)(C)CC(C)(C)NC(=O)c1cccc(=O)[nH]1. The number of aromatic amines is 1. The van der Waals surface area contributed by atoms with Gasteiger partial charge in [-0.1, -0.05) is 26.8 Å². The van der Waals surface area contributed by atoms with Gasteiger partial charge in [0.05, 0.1) is 0 Å². The molecule has 4 nitrogen and oxygen atoms in total. The van der Waals surface area contributed by atoms with Crippen LogP contribution in [-0.2, 0) is 0 Å². The number of aromatic nitrogens is 1. The van der Waals surface area contributed by atoms with E-state index in [1.165, 1.54) is 6.07 Å². The van der Waals surface area contributed by atoms with E-state index < -0.39 is 0 Å². The minimum atomic E-state index is -0.317. The molecule has 0 radical (unpaired) electrons. The number of H-pyrrole nitrogens is 1. The van der Waals surface area contributed by atoms with E-state index >= 15 is 0 Å². The molecule has 0 aliphatic rings. The van der Waals surface area contributed by atoms with Gasteiger partial charge in [-0.15, -0.1) is 0 Å². The summed E-state index contributed by atoms with van der Waals surface area (Å²) >= 11 is 0. The molecule has 1 aromatic rings. The van der Waals surface area contributed by atoms with Gasteiger partial charge in [0.1, 0.15) is 5.69 Å². The Kier molecular flexibility index (Phi) is 3.99.